The molecule has 0 unspecified atom stereocenters. The fourth-order valence-electron chi connectivity index (χ4n) is 0.556. The fourth-order valence-corrected chi connectivity index (χ4v) is 2.11. The monoisotopic (exact) mass is 312 g/mol. The van der Waals surface area contributed by atoms with Crippen LogP contribution in [0.25, 0.3) is 0 Å². The number of rotatable bonds is 1. The molecule has 0 saturated carbocycles. The Morgan fingerprint density at radius 2 is 2.20 bits per heavy atom. The molecule has 0 radical (unpaired) electrons. The Bertz CT molecular complexity index is 264. The average molecular weight is 312 g/mol. The van der Waals surface area contributed by atoms with Crippen LogP contribution in [-0.2, 0) is 3.74 Å². The van der Waals surface area contributed by atoms with Crippen LogP contribution in [0.15, 0.2) is 18.2 Å². The van der Waals surface area contributed by atoms with Crippen molar-refractivity contribution < 1.29 is 8.13 Å². The molecule has 4 heteroatoms. The molecule has 10 heavy (non-hydrogen) atoms. The molecular weight excluding hydrogens is 309 g/mol. The Balaban J connectivity index is 3.21. The Hall–Kier alpha value is 0.238. The zero-order chi connectivity index (χ0) is 7.56. The Kier molecular flexibility index (Phi) is 2.98. The molecule has 1 nitrogen and oxygen atoms in total. The molecule has 0 amide bonds. The van der Waals surface area contributed by atoms with Crippen LogP contribution in [-0.4, -0.2) is 15.7 Å². The van der Waals surface area contributed by atoms with Gasteiger partial charge in [0.2, 0.25) is 0 Å². The van der Waals surface area contributed by atoms with Crippen LogP contribution in [0, 0.1) is 9.39 Å². The fraction of sp³-hybridized carbons (Fsp3) is 0. The Morgan fingerprint density at radius 3 is 2.70 bits per heavy atom. The molecule has 0 atom stereocenters. The molecular formula is C6H3AsFIO. The van der Waals surface area contributed by atoms with E-state index >= 15 is 0 Å². The number of hydrogen-bond donors (Lipinski definition) is 0. The third kappa shape index (κ3) is 1.86. The van der Waals surface area contributed by atoms with Gasteiger partial charge in [0.25, 0.3) is 0 Å². The summed E-state index contributed by atoms with van der Waals surface area (Å²) in [5, 5.41) is 0. The second-order valence-electron chi connectivity index (χ2n) is 1.69. The number of hydrogen-bond acceptors (Lipinski definition) is 1. The molecule has 0 aromatic heterocycles. The summed E-state index contributed by atoms with van der Waals surface area (Å²) in [5.74, 6) is -0.318. The molecule has 0 saturated heterocycles. The van der Waals surface area contributed by atoms with Crippen LogP contribution < -0.4 is 4.35 Å². The molecule has 0 N–H and O–H groups in total. The van der Waals surface area contributed by atoms with Crippen molar-refractivity contribution in [2.75, 3.05) is 0 Å². The molecule has 1 aromatic rings. The third-order valence-electron chi connectivity index (χ3n) is 1.01. The van der Waals surface area contributed by atoms with E-state index in [4.69, 9.17) is 0 Å². The summed E-state index contributed by atoms with van der Waals surface area (Å²) in [4.78, 5) is 0. The van der Waals surface area contributed by atoms with Crippen LogP contribution in [0.5, 0.6) is 0 Å². The summed E-state index contributed by atoms with van der Waals surface area (Å²) in [6.45, 7) is 0. The van der Waals surface area contributed by atoms with Crippen LogP contribution in [0.2, 0.25) is 0 Å². The Morgan fingerprint density at radius 1 is 1.50 bits per heavy atom. The third-order valence-corrected chi connectivity index (χ3v) is 4.06. The standard InChI is InChI=1S/C6H3AsFIO/c8-4-1-2-6(9)5(3-4)7-10/h1-3H. The van der Waals surface area contributed by atoms with Crippen molar-refractivity contribution in [1.82, 2.24) is 0 Å². The van der Waals surface area contributed by atoms with E-state index < -0.39 is 15.7 Å². The van der Waals surface area contributed by atoms with E-state index in [-0.39, 0.29) is 5.82 Å². The summed E-state index contributed by atoms with van der Waals surface area (Å²) in [5.41, 5.74) is 0. The summed E-state index contributed by atoms with van der Waals surface area (Å²) in [6, 6.07) is 4.30. The van der Waals surface area contributed by atoms with Gasteiger partial charge in [-0.1, -0.05) is 0 Å². The van der Waals surface area contributed by atoms with Crippen molar-refractivity contribution in [3.05, 3.63) is 27.6 Å². The van der Waals surface area contributed by atoms with Gasteiger partial charge in [-0.15, -0.1) is 0 Å². The number of benzene rings is 1. The van der Waals surface area contributed by atoms with Crippen molar-refractivity contribution in [2.45, 2.75) is 0 Å². The van der Waals surface area contributed by atoms with E-state index in [0.717, 1.165) is 3.57 Å². The molecule has 1 aromatic carbocycles. The van der Waals surface area contributed by atoms with Gasteiger partial charge >= 0.3 is 78.3 Å². The predicted molar refractivity (Wildman–Crippen MR) is 45.2 cm³/mol. The molecule has 0 aliphatic carbocycles. The SMILES string of the molecule is O=[As]c1cc(F)ccc1I. The topological polar surface area (TPSA) is 17.1 Å². The first-order valence-corrected chi connectivity index (χ1v) is 5.31. The molecule has 1 rings (SSSR count). The van der Waals surface area contributed by atoms with Crippen LogP contribution in [0.3, 0.4) is 0 Å². The Labute approximate surface area is 78.1 Å². The molecule has 0 spiro atoms. The minimum atomic E-state index is -1.10. The quantitative estimate of drug-likeness (QED) is 0.561. The molecule has 0 fully saturated rings. The first-order valence-electron chi connectivity index (χ1n) is 2.52. The average Bonchev–Trinajstić information content (AvgIpc) is 1.94. The van der Waals surface area contributed by atoms with E-state index in [9.17, 15) is 8.13 Å². The maximum absolute atomic E-state index is 12.4. The van der Waals surface area contributed by atoms with Gasteiger partial charge < -0.3 is 0 Å². The van der Waals surface area contributed by atoms with Crippen molar-refractivity contribution in [2.24, 2.45) is 0 Å². The summed E-state index contributed by atoms with van der Waals surface area (Å²) < 4.78 is 24.3. The molecule has 0 heterocycles. The van der Waals surface area contributed by atoms with Crippen LogP contribution >= 0.6 is 22.6 Å². The van der Waals surface area contributed by atoms with E-state index in [2.05, 4.69) is 0 Å². The van der Waals surface area contributed by atoms with Crippen LogP contribution in [0.4, 0.5) is 4.39 Å². The van der Waals surface area contributed by atoms with E-state index in [0.29, 0.717) is 4.35 Å². The first kappa shape index (κ1) is 8.34. The van der Waals surface area contributed by atoms with Gasteiger partial charge in [-0.2, -0.15) is 0 Å². The number of halogens is 2. The van der Waals surface area contributed by atoms with Gasteiger partial charge in [0, 0.05) is 0 Å². The van der Waals surface area contributed by atoms with Crippen molar-refractivity contribution in [3.8, 4) is 0 Å². The summed E-state index contributed by atoms with van der Waals surface area (Å²) >= 11 is 0.937. The second kappa shape index (κ2) is 3.58. The summed E-state index contributed by atoms with van der Waals surface area (Å²) in [7, 11) is 0. The zero-order valence-electron chi connectivity index (χ0n) is 4.84. The first-order chi connectivity index (χ1) is 4.74. The normalized spacial score (nSPS) is 10.2. The van der Waals surface area contributed by atoms with Crippen molar-refractivity contribution >= 4 is 42.6 Å². The van der Waals surface area contributed by atoms with Gasteiger partial charge in [0.15, 0.2) is 0 Å². The van der Waals surface area contributed by atoms with E-state index in [1.54, 1.807) is 6.07 Å². The molecule has 0 aliphatic rings. The molecule has 0 aliphatic heterocycles. The minimum absolute atomic E-state index is 0.318. The maximum atomic E-state index is 12.4. The van der Waals surface area contributed by atoms with Crippen molar-refractivity contribution in [1.29, 1.82) is 0 Å². The van der Waals surface area contributed by atoms with Gasteiger partial charge in [0.1, 0.15) is 0 Å². The zero-order valence-corrected chi connectivity index (χ0v) is 8.88. The summed E-state index contributed by atoms with van der Waals surface area (Å²) in [6.07, 6.45) is 0. The van der Waals surface area contributed by atoms with Crippen molar-refractivity contribution in [3.63, 3.8) is 0 Å². The molecule has 0 bridgehead atoms. The molecule has 52 valence electrons. The van der Waals surface area contributed by atoms with Gasteiger partial charge in [-0.25, -0.2) is 0 Å². The van der Waals surface area contributed by atoms with Gasteiger partial charge in [0.05, 0.1) is 0 Å². The van der Waals surface area contributed by atoms with E-state index in [1.807, 2.05) is 22.6 Å². The van der Waals surface area contributed by atoms with E-state index in [1.165, 1.54) is 12.1 Å². The second-order valence-corrected chi connectivity index (χ2v) is 4.24. The van der Waals surface area contributed by atoms with Gasteiger partial charge in [-0.3, -0.25) is 0 Å². The van der Waals surface area contributed by atoms with Gasteiger partial charge in [-0.05, 0) is 0 Å². The predicted octanol–water partition coefficient (Wildman–Crippen LogP) is 1.11. The van der Waals surface area contributed by atoms with Crippen LogP contribution in [0.1, 0.15) is 0 Å².